The van der Waals surface area contributed by atoms with Crippen LogP contribution in [0.1, 0.15) is 0 Å². The molecule has 158 valence electrons. The highest BCUT2D eigenvalue weighted by molar-refractivity contribution is 7.25. The minimum atomic E-state index is -0.287. The van der Waals surface area contributed by atoms with Crippen molar-refractivity contribution in [2.75, 3.05) is 33.0 Å². The maximum atomic E-state index is 13.2. The molecule has 31 heavy (non-hydrogen) atoms. The van der Waals surface area contributed by atoms with E-state index in [0.29, 0.717) is 24.0 Å². The second kappa shape index (κ2) is 8.36. The zero-order valence-electron chi connectivity index (χ0n) is 16.8. The van der Waals surface area contributed by atoms with Gasteiger partial charge in [-0.25, -0.2) is 0 Å². The van der Waals surface area contributed by atoms with Crippen LogP contribution < -0.4 is 11.1 Å². The molecule has 0 amide bonds. The van der Waals surface area contributed by atoms with Crippen LogP contribution in [0.15, 0.2) is 58.1 Å². The second-order valence-corrected chi connectivity index (χ2v) is 8.41. The fraction of sp³-hybridized carbons (Fsp3) is 0.250. The van der Waals surface area contributed by atoms with E-state index in [1.54, 1.807) is 11.3 Å². The van der Waals surface area contributed by atoms with E-state index in [0.717, 1.165) is 26.2 Å². The standard InChI is InChI=1S/C24H21NO5S/c26-10-12-30-14-13-29-11-9-25-23(27)17-6-5-16-15-3-1-2-4-19(15)31-20-8-7-18(24(25)28)21(17)22(16)20/h1-8,26H,9-14H2. The minimum Gasteiger partial charge on any atom is -0.394 e. The first-order valence-corrected chi connectivity index (χ1v) is 11.0. The Bertz CT molecular complexity index is 1470. The van der Waals surface area contributed by atoms with Crippen LogP contribution >= 0.6 is 11.3 Å². The molecule has 6 nitrogen and oxygen atoms in total. The Labute approximate surface area is 181 Å². The van der Waals surface area contributed by atoms with Crippen LogP contribution in [0.4, 0.5) is 0 Å². The van der Waals surface area contributed by atoms with Gasteiger partial charge in [-0.2, -0.15) is 0 Å². The molecule has 0 fully saturated rings. The van der Waals surface area contributed by atoms with Crippen molar-refractivity contribution in [2.45, 2.75) is 6.54 Å². The lowest BCUT2D eigenvalue weighted by Crippen LogP contribution is -2.34. The van der Waals surface area contributed by atoms with Gasteiger partial charge in [-0.3, -0.25) is 14.2 Å². The molecule has 0 radical (unpaired) electrons. The summed E-state index contributed by atoms with van der Waals surface area (Å²) in [6.45, 7) is 1.34. The van der Waals surface area contributed by atoms with Crippen molar-refractivity contribution in [2.24, 2.45) is 0 Å². The van der Waals surface area contributed by atoms with Gasteiger partial charge in [0.15, 0.2) is 0 Å². The number of hydrogen-bond acceptors (Lipinski definition) is 6. The molecule has 0 atom stereocenters. The van der Waals surface area contributed by atoms with E-state index in [1.165, 1.54) is 9.27 Å². The van der Waals surface area contributed by atoms with Gasteiger partial charge in [0.25, 0.3) is 11.1 Å². The summed E-state index contributed by atoms with van der Waals surface area (Å²) in [5.74, 6) is 0. The van der Waals surface area contributed by atoms with Gasteiger partial charge < -0.3 is 14.6 Å². The van der Waals surface area contributed by atoms with E-state index in [-0.39, 0.29) is 37.5 Å². The summed E-state index contributed by atoms with van der Waals surface area (Å²) in [6.07, 6.45) is 0. The highest BCUT2D eigenvalue weighted by Crippen LogP contribution is 2.39. The molecule has 3 aromatic carbocycles. The number of ether oxygens (including phenoxy) is 2. The smallest absolute Gasteiger partial charge is 0.261 e. The van der Waals surface area contributed by atoms with E-state index in [2.05, 4.69) is 12.1 Å². The second-order valence-electron chi connectivity index (χ2n) is 7.33. The molecule has 0 saturated heterocycles. The normalized spacial score (nSPS) is 12.0. The topological polar surface area (TPSA) is 77.8 Å². The third-order valence-corrected chi connectivity index (χ3v) is 6.67. The van der Waals surface area contributed by atoms with E-state index >= 15 is 0 Å². The maximum absolute atomic E-state index is 13.2. The Morgan fingerprint density at radius 1 is 0.710 bits per heavy atom. The highest BCUT2D eigenvalue weighted by atomic mass is 32.1. The van der Waals surface area contributed by atoms with Crippen molar-refractivity contribution in [3.05, 3.63) is 69.2 Å². The molecule has 0 aliphatic rings. The number of benzene rings is 3. The van der Waals surface area contributed by atoms with Gasteiger partial charge >= 0.3 is 0 Å². The third kappa shape index (κ3) is 3.40. The molecule has 5 rings (SSSR count). The molecule has 1 N–H and O–H groups in total. The van der Waals surface area contributed by atoms with Crippen LogP contribution in [0, 0.1) is 0 Å². The summed E-state index contributed by atoms with van der Waals surface area (Å²) >= 11 is 1.67. The van der Waals surface area contributed by atoms with Crippen molar-refractivity contribution in [3.63, 3.8) is 0 Å². The number of aliphatic hydroxyl groups excluding tert-OH is 1. The lowest BCUT2D eigenvalue weighted by Gasteiger charge is -2.14. The Balaban J connectivity index is 1.59. The molecule has 0 spiro atoms. The van der Waals surface area contributed by atoms with Crippen molar-refractivity contribution < 1.29 is 14.6 Å². The molecule has 0 aliphatic carbocycles. The summed E-state index contributed by atoms with van der Waals surface area (Å²) in [6, 6.07) is 15.8. The summed E-state index contributed by atoms with van der Waals surface area (Å²) in [4.78, 5) is 26.4. The molecule has 0 unspecified atom stereocenters. The zero-order valence-corrected chi connectivity index (χ0v) is 17.6. The molecular weight excluding hydrogens is 414 g/mol. The monoisotopic (exact) mass is 435 g/mol. The number of aliphatic hydroxyl groups is 1. The van der Waals surface area contributed by atoms with Crippen molar-refractivity contribution in [1.82, 2.24) is 4.57 Å². The van der Waals surface area contributed by atoms with Crippen molar-refractivity contribution in [3.8, 4) is 0 Å². The number of hydrogen-bond donors (Lipinski definition) is 1. The Hall–Kier alpha value is -2.84. The van der Waals surface area contributed by atoms with E-state index in [4.69, 9.17) is 14.6 Å². The van der Waals surface area contributed by atoms with Crippen molar-refractivity contribution >= 4 is 53.1 Å². The average molecular weight is 436 g/mol. The van der Waals surface area contributed by atoms with Crippen LogP contribution in [0.3, 0.4) is 0 Å². The molecule has 0 saturated carbocycles. The molecule has 5 aromatic rings. The fourth-order valence-corrected chi connectivity index (χ4v) is 5.28. The van der Waals surface area contributed by atoms with Gasteiger partial charge in [0.2, 0.25) is 0 Å². The molecule has 7 heteroatoms. The lowest BCUT2D eigenvalue weighted by atomic mass is 9.98. The number of rotatable bonds is 8. The highest BCUT2D eigenvalue weighted by Gasteiger charge is 2.17. The first-order chi connectivity index (χ1) is 15.2. The molecule has 0 bridgehead atoms. The maximum Gasteiger partial charge on any atom is 0.261 e. The van der Waals surface area contributed by atoms with Crippen LogP contribution in [-0.4, -0.2) is 42.7 Å². The SMILES string of the molecule is O=c1c2ccc3sc4ccccc4c4ccc(c(=O)n1CCOCCOCCO)c2c34. The first kappa shape index (κ1) is 20.1. The van der Waals surface area contributed by atoms with Crippen LogP contribution in [0.25, 0.3) is 41.7 Å². The molecular formula is C24H21NO5S. The van der Waals surface area contributed by atoms with Crippen LogP contribution in [0.5, 0.6) is 0 Å². The van der Waals surface area contributed by atoms with Gasteiger partial charge in [0.1, 0.15) is 0 Å². The lowest BCUT2D eigenvalue weighted by molar-refractivity contribution is 0.0307. The Morgan fingerprint density at radius 3 is 2.16 bits per heavy atom. The predicted molar refractivity (Wildman–Crippen MR) is 125 cm³/mol. The number of pyridine rings is 1. The predicted octanol–water partition coefficient (Wildman–Crippen LogP) is 3.35. The van der Waals surface area contributed by atoms with Crippen LogP contribution in [0.2, 0.25) is 0 Å². The van der Waals surface area contributed by atoms with Crippen LogP contribution in [-0.2, 0) is 16.0 Å². The summed E-state index contributed by atoms with van der Waals surface area (Å²) in [7, 11) is 0. The largest absolute Gasteiger partial charge is 0.394 e. The van der Waals surface area contributed by atoms with Gasteiger partial charge in [-0.05, 0) is 35.0 Å². The fourth-order valence-electron chi connectivity index (χ4n) is 4.16. The van der Waals surface area contributed by atoms with E-state index < -0.39 is 0 Å². The number of fused-ring (bicyclic) bond motifs is 2. The summed E-state index contributed by atoms with van der Waals surface area (Å²) in [5.41, 5.74) is -0.574. The number of nitrogens with zero attached hydrogens (tertiary/aromatic N) is 1. The zero-order chi connectivity index (χ0) is 21.4. The average Bonchev–Trinajstić information content (AvgIpc) is 2.80. The number of aromatic nitrogens is 1. The summed E-state index contributed by atoms with van der Waals surface area (Å²) < 4.78 is 14.1. The first-order valence-electron chi connectivity index (χ1n) is 10.2. The van der Waals surface area contributed by atoms with Gasteiger partial charge in [-0.1, -0.05) is 24.3 Å². The summed E-state index contributed by atoms with van der Waals surface area (Å²) in [5, 5.41) is 13.7. The Kier molecular flexibility index (Phi) is 5.41. The molecule has 2 heterocycles. The van der Waals surface area contributed by atoms with Gasteiger partial charge in [0, 0.05) is 30.9 Å². The van der Waals surface area contributed by atoms with Gasteiger partial charge in [0.05, 0.1) is 39.6 Å². The molecule has 0 aliphatic heterocycles. The quantitative estimate of drug-likeness (QED) is 0.230. The third-order valence-electron chi connectivity index (χ3n) is 5.54. The minimum absolute atomic E-state index is 0.0325. The van der Waals surface area contributed by atoms with Gasteiger partial charge in [-0.15, -0.1) is 11.3 Å². The Morgan fingerprint density at radius 2 is 1.39 bits per heavy atom. The molecule has 2 aromatic heterocycles. The van der Waals surface area contributed by atoms with Crippen molar-refractivity contribution in [1.29, 1.82) is 0 Å². The van der Waals surface area contributed by atoms with E-state index in [1.807, 2.05) is 36.4 Å². The van der Waals surface area contributed by atoms with E-state index in [9.17, 15) is 9.59 Å².